The van der Waals surface area contributed by atoms with Gasteiger partial charge in [0, 0.05) is 5.25 Å². The molecule has 2 atom stereocenters. The number of hydrogen-bond donors (Lipinski definition) is 0. The van der Waals surface area contributed by atoms with Crippen LogP contribution in [0.5, 0.6) is 0 Å². The molecule has 0 bridgehead atoms. The molecule has 1 aliphatic heterocycles. The number of rotatable bonds is 6. The van der Waals surface area contributed by atoms with Gasteiger partial charge in [0.1, 0.15) is 5.92 Å². The molecule has 1 heterocycles. The van der Waals surface area contributed by atoms with E-state index < -0.39 is 28.6 Å². The third kappa shape index (κ3) is 3.63. The Morgan fingerprint density at radius 3 is 1.91 bits per heavy atom. The van der Waals surface area contributed by atoms with Gasteiger partial charge >= 0.3 is 17.9 Å². The minimum atomic E-state index is -1.76. The number of carbonyl (C=O) groups is 3. The maximum Gasteiger partial charge on any atom is 0.335 e. The molecule has 6 nitrogen and oxygen atoms in total. The Bertz CT molecular complexity index is 441. The topological polar surface area (TPSA) is 78.9 Å². The lowest BCUT2D eigenvalue weighted by Gasteiger charge is -2.36. The molecule has 0 aliphatic carbocycles. The number of ether oxygens (including phenoxy) is 3. The summed E-state index contributed by atoms with van der Waals surface area (Å²) in [7, 11) is 0. The smallest absolute Gasteiger partial charge is 0.335 e. The maximum absolute atomic E-state index is 12.5. The van der Waals surface area contributed by atoms with Crippen molar-refractivity contribution in [2.24, 2.45) is 5.92 Å². The average molecular weight is 330 g/mol. The molecule has 0 aromatic heterocycles. The summed E-state index contributed by atoms with van der Waals surface area (Å²) in [4.78, 5) is 37.3. The monoisotopic (exact) mass is 330 g/mol. The van der Waals surface area contributed by atoms with Gasteiger partial charge in [0.15, 0.2) is 0 Å². The normalized spacial score (nSPS) is 22.7. The summed E-state index contributed by atoms with van der Waals surface area (Å²) in [6.45, 7) is 7.14. The van der Waals surface area contributed by atoms with Crippen LogP contribution < -0.4 is 0 Å². The number of hydrogen-bond acceptors (Lipinski definition) is 7. The van der Waals surface area contributed by atoms with E-state index >= 15 is 0 Å². The van der Waals surface area contributed by atoms with E-state index in [9.17, 15) is 14.4 Å². The van der Waals surface area contributed by atoms with Crippen LogP contribution in [0.4, 0.5) is 0 Å². The largest absolute Gasteiger partial charge is 0.465 e. The van der Waals surface area contributed by atoms with Crippen molar-refractivity contribution in [2.45, 2.75) is 37.7 Å². The van der Waals surface area contributed by atoms with Crippen molar-refractivity contribution in [3.05, 3.63) is 12.2 Å². The molecule has 1 rings (SSSR count). The molecule has 1 aliphatic rings. The van der Waals surface area contributed by atoms with Crippen LogP contribution in [0.2, 0.25) is 0 Å². The Labute approximate surface area is 134 Å². The van der Waals surface area contributed by atoms with Crippen molar-refractivity contribution in [3.63, 3.8) is 0 Å². The standard InChI is InChI=1S/C15H22O6S/c1-5-19-12(16)11-9-8-10(4)22-15(11,13(17)20-6-2)14(18)21-7-3/h8-11H,5-7H2,1-4H3/t10-,11-/m0/s1. The maximum atomic E-state index is 12.5. The Morgan fingerprint density at radius 1 is 0.955 bits per heavy atom. The second kappa shape index (κ2) is 8.22. The highest BCUT2D eigenvalue weighted by Crippen LogP contribution is 2.44. The highest BCUT2D eigenvalue weighted by Gasteiger charge is 2.60. The molecule has 0 saturated heterocycles. The summed E-state index contributed by atoms with van der Waals surface area (Å²) in [5.41, 5.74) is 0. The number of esters is 3. The molecule has 0 amide bonds. The fourth-order valence-corrected chi connectivity index (χ4v) is 3.58. The second-order valence-electron chi connectivity index (χ2n) is 4.61. The lowest BCUT2D eigenvalue weighted by molar-refractivity contribution is -0.166. The first-order valence-corrected chi connectivity index (χ1v) is 8.19. The van der Waals surface area contributed by atoms with Crippen LogP contribution in [0.15, 0.2) is 12.2 Å². The lowest BCUT2D eigenvalue weighted by Crippen LogP contribution is -2.56. The van der Waals surface area contributed by atoms with E-state index in [0.29, 0.717) is 0 Å². The zero-order valence-corrected chi connectivity index (χ0v) is 14.1. The van der Waals surface area contributed by atoms with E-state index in [0.717, 1.165) is 11.8 Å². The number of carbonyl (C=O) groups excluding carboxylic acids is 3. The molecule has 124 valence electrons. The Kier molecular flexibility index (Phi) is 6.93. The van der Waals surface area contributed by atoms with Crippen LogP contribution in [0.25, 0.3) is 0 Å². The molecule has 0 radical (unpaired) electrons. The average Bonchev–Trinajstić information content (AvgIpc) is 2.47. The molecule has 22 heavy (non-hydrogen) atoms. The first kappa shape index (κ1) is 18.5. The highest BCUT2D eigenvalue weighted by atomic mass is 32.2. The van der Waals surface area contributed by atoms with E-state index in [4.69, 9.17) is 14.2 Å². The van der Waals surface area contributed by atoms with E-state index in [2.05, 4.69) is 0 Å². The molecular weight excluding hydrogens is 308 g/mol. The molecule has 0 spiro atoms. The summed E-state index contributed by atoms with van der Waals surface area (Å²) in [6.07, 6.45) is 3.30. The molecule has 0 fully saturated rings. The van der Waals surface area contributed by atoms with Crippen LogP contribution >= 0.6 is 11.8 Å². The molecule has 0 aromatic carbocycles. The Hall–Kier alpha value is -1.50. The van der Waals surface area contributed by atoms with Gasteiger partial charge in [-0.05, 0) is 27.7 Å². The van der Waals surface area contributed by atoms with Gasteiger partial charge in [-0.25, -0.2) is 9.59 Å². The van der Waals surface area contributed by atoms with Crippen LogP contribution in [0.1, 0.15) is 27.7 Å². The zero-order valence-electron chi connectivity index (χ0n) is 13.3. The van der Waals surface area contributed by atoms with Gasteiger partial charge in [-0.3, -0.25) is 4.79 Å². The van der Waals surface area contributed by atoms with Gasteiger partial charge in [-0.15, -0.1) is 11.8 Å². The van der Waals surface area contributed by atoms with Crippen LogP contribution in [-0.2, 0) is 28.6 Å². The van der Waals surface area contributed by atoms with Gasteiger partial charge in [0.05, 0.1) is 19.8 Å². The van der Waals surface area contributed by atoms with Crippen molar-refractivity contribution in [2.75, 3.05) is 19.8 Å². The fourth-order valence-electron chi connectivity index (χ4n) is 2.20. The second-order valence-corrected chi connectivity index (χ2v) is 6.24. The minimum Gasteiger partial charge on any atom is -0.465 e. The first-order chi connectivity index (χ1) is 10.4. The first-order valence-electron chi connectivity index (χ1n) is 7.31. The summed E-state index contributed by atoms with van der Waals surface area (Å²) < 4.78 is 13.4. The van der Waals surface area contributed by atoms with E-state index in [1.165, 1.54) is 6.08 Å². The highest BCUT2D eigenvalue weighted by molar-refractivity contribution is 8.03. The van der Waals surface area contributed by atoms with Gasteiger partial charge < -0.3 is 14.2 Å². The van der Waals surface area contributed by atoms with Crippen molar-refractivity contribution in [3.8, 4) is 0 Å². The lowest BCUT2D eigenvalue weighted by atomic mass is 9.89. The van der Waals surface area contributed by atoms with Crippen LogP contribution in [-0.4, -0.2) is 47.7 Å². The summed E-state index contributed by atoms with van der Waals surface area (Å²) in [5.74, 6) is -3.24. The van der Waals surface area contributed by atoms with Crippen LogP contribution in [0.3, 0.4) is 0 Å². The minimum absolute atomic E-state index is 0.105. The summed E-state index contributed by atoms with van der Waals surface area (Å²) in [5, 5.41) is -0.139. The predicted molar refractivity (Wildman–Crippen MR) is 82.3 cm³/mol. The molecule has 0 unspecified atom stereocenters. The number of thioether (sulfide) groups is 1. The van der Waals surface area contributed by atoms with Crippen molar-refractivity contribution < 1.29 is 28.6 Å². The van der Waals surface area contributed by atoms with E-state index in [-0.39, 0.29) is 25.1 Å². The zero-order chi connectivity index (χ0) is 16.8. The van der Waals surface area contributed by atoms with Crippen molar-refractivity contribution in [1.82, 2.24) is 0 Å². The fraction of sp³-hybridized carbons (Fsp3) is 0.667. The third-order valence-electron chi connectivity index (χ3n) is 3.08. The van der Waals surface area contributed by atoms with E-state index in [1.54, 1.807) is 26.8 Å². The van der Waals surface area contributed by atoms with E-state index in [1.807, 2.05) is 6.92 Å². The quantitative estimate of drug-likeness (QED) is 0.317. The molecule has 0 aromatic rings. The third-order valence-corrected chi connectivity index (χ3v) is 4.57. The molecule has 0 N–H and O–H groups in total. The van der Waals surface area contributed by atoms with Gasteiger partial charge in [-0.1, -0.05) is 12.2 Å². The SMILES string of the molecule is CCOC(=O)[C@@H]1C=C[C@H](C)SC1(C(=O)OCC)C(=O)OCC. The van der Waals surface area contributed by atoms with Gasteiger partial charge in [0.25, 0.3) is 0 Å². The van der Waals surface area contributed by atoms with Crippen molar-refractivity contribution in [1.29, 1.82) is 0 Å². The Balaban J connectivity index is 3.33. The predicted octanol–water partition coefficient (Wildman–Crippen LogP) is 1.72. The molecule has 0 saturated carbocycles. The van der Waals surface area contributed by atoms with Gasteiger partial charge in [0.2, 0.25) is 4.75 Å². The summed E-state index contributed by atoms with van der Waals surface area (Å²) in [6, 6.07) is 0. The molecule has 7 heteroatoms. The Morgan fingerprint density at radius 2 is 1.45 bits per heavy atom. The van der Waals surface area contributed by atoms with Crippen molar-refractivity contribution >= 4 is 29.7 Å². The van der Waals surface area contributed by atoms with Gasteiger partial charge in [-0.2, -0.15) is 0 Å². The summed E-state index contributed by atoms with van der Waals surface area (Å²) >= 11 is 1.06. The van der Waals surface area contributed by atoms with Crippen LogP contribution in [0, 0.1) is 5.92 Å². The molecular formula is C15H22O6S.